The van der Waals surface area contributed by atoms with Crippen LogP contribution in [-0.4, -0.2) is 59.5 Å². The summed E-state index contributed by atoms with van der Waals surface area (Å²) in [4.78, 5) is 50.5. The minimum Gasteiger partial charge on any atom is -0.480 e. The second-order valence-electron chi connectivity index (χ2n) is 9.90. The lowest BCUT2D eigenvalue weighted by Gasteiger charge is -2.27. The fourth-order valence-electron chi connectivity index (χ4n) is 3.74. The van der Waals surface area contributed by atoms with Crippen LogP contribution >= 0.6 is 0 Å². The third-order valence-corrected chi connectivity index (χ3v) is 5.78. The van der Waals surface area contributed by atoms with Crippen LogP contribution in [0.25, 0.3) is 0 Å². The van der Waals surface area contributed by atoms with E-state index in [1.54, 1.807) is 13.8 Å². The summed E-state index contributed by atoms with van der Waals surface area (Å²) < 4.78 is 0. The molecule has 0 spiro atoms. The lowest BCUT2D eigenvalue weighted by molar-refractivity contribution is -0.142. The van der Waals surface area contributed by atoms with E-state index in [4.69, 9.17) is 11.5 Å². The molecular weight excluding hydrogens is 462 g/mol. The van der Waals surface area contributed by atoms with Gasteiger partial charge >= 0.3 is 5.97 Å². The van der Waals surface area contributed by atoms with Crippen molar-refractivity contribution in [2.24, 2.45) is 23.3 Å². The highest BCUT2D eigenvalue weighted by atomic mass is 16.4. The second-order valence-corrected chi connectivity index (χ2v) is 9.90. The van der Waals surface area contributed by atoms with E-state index in [0.29, 0.717) is 32.2 Å². The third kappa shape index (κ3) is 11.2. The van der Waals surface area contributed by atoms with Gasteiger partial charge in [-0.25, -0.2) is 4.79 Å². The molecule has 0 bridgehead atoms. The molecule has 36 heavy (non-hydrogen) atoms. The molecule has 202 valence electrons. The second kappa shape index (κ2) is 15.9. The summed E-state index contributed by atoms with van der Waals surface area (Å²) in [6.45, 7) is 7.79. The first kappa shape index (κ1) is 31.1. The number of amides is 3. The molecule has 10 heteroatoms. The molecular formula is C26H43N5O5. The van der Waals surface area contributed by atoms with Crippen LogP contribution in [0.1, 0.15) is 58.9 Å². The molecule has 4 unspecified atom stereocenters. The van der Waals surface area contributed by atoms with Crippen molar-refractivity contribution in [3.63, 3.8) is 0 Å². The lowest BCUT2D eigenvalue weighted by atomic mass is 9.98. The van der Waals surface area contributed by atoms with Crippen LogP contribution in [0, 0.1) is 11.8 Å². The van der Waals surface area contributed by atoms with Crippen molar-refractivity contribution in [1.29, 1.82) is 0 Å². The zero-order valence-electron chi connectivity index (χ0n) is 21.8. The molecule has 1 aromatic carbocycles. The van der Waals surface area contributed by atoms with E-state index in [1.165, 1.54) is 0 Å². The van der Waals surface area contributed by atoms with E-state index in [9.17, 15) is 24.3 Å². The minimum absolute atomic E-state index is 0.0490. The summed E-state index contributed by atoms with van der Waals surface area (Å²) in [6, 6.07) is 5.54. The molecule has 4 atom stereocenters. The Labute approximate surface area is 213 Å². The average molecular weight is 506 g/mol. The summed E-state index contributed by atoms with van der Waals surface area (Å²) in [7, 11) is 0. The number of nitrogens with one attached hydrogen (secondary N) is 3. The normalized spacial score (nSPS) is 14.6. The van der Waals surface area contributed by atoms with Gasteiger partial charge in [0.15, 0.2) is 0 Å². The molecule has 10 nitrogen and oxygen atoms in total. The predicted octanol–water partition coefficient (Wildman–Crippen LogP) is 0.927. The molecule has 0 heterocycles. The van der Waals surface area contributed by atoms with E-state index in [-0.39, 0.29) is 18.3 Å². The van der Waals surface area contributed by atoms with Crippen LogP contribution in [0.15, 0.2) is 30.3 Å². The Bertz CT molecular complexity index is 846. The van der Waals surface area contributed by atoms with Gasteiger partial charge in [0.25, 0.3) is 0 Å². The molecule has 0 aromatic heterocycles. The van der Waals surface area contributed by atoms with Crippen LogP contribution < -0.4 is 27.4 Å². The van der Waals surface area contributed by atoms with Crippen molar-refractivity contribution in [3.8, 4) is 0 Å². The van der Waals surface area contributed by atoms with Gasteiger partial charge in [0.05, 0.1) is 6.04 Å². The van der Waals surface area contributed by atoms with Gasteiger partial charge in [0, 0.05) is 0 Å². The van der Waals surface area contributed by atoms with Crippen LogP contribution in [0.3, 0.4) is 0 Å². The van der Waals surface area contributed by atoms with Crippen molar-refractivity contribution in [3.05, 3.63) is 35.9 Å². The predicted molar refractivity (Wildman–Crippen MR) is 139 cm³/mol. The Balaban J connectivity index is 2.89. The van der Waals surface area contributed by atoms with Crippen LogP contribution in [-0.2, 0) is 25.6 Å². The topological polar surface area (TPSA) is 177 Å². The fraction of sp³-hybridized carbons (Fsp3) is 0.615. The number of carbonyl (C=O) groups is 4. The number of unbranched alkanes of at least 4 members (excludes halogenated alkanes) is 1. The molecule has 0 aliphatic heterocycles. The summed E-state index contributed by atoms with van der Waals surface area (Å²) >= 11 is 0. The third-order valence-electron chi connectivity index (χ3n) is 5.78. The Morgan fingerprint density at radius 3 is 2.00 bits per heavy atom. The van der Waals surface area contributed by atoms with E-state index < -0.39 is 47.9 Å². The van der Waals surface area contributed by atoms with Gasteiger partial charge in [-0.05, 0) is 56.0 Å². The zero-order valence-corrected chi connectivity index (χ0v) is 21.8. The number of carbonyl (C=O) groups excluding carboxylic acids is 3. The van der Waals surface area contributed by atoms with Crippen molar-refractivity contribution < 1.29 is 24.3 Å². The Morgan fingerprint density at radius 1 is 0.861 bits per heavy atom. The average Bonchev–Trinajstić information content (AvgIpc) is 2.81. The van der Waals surface area contributed by atoms with Gasteiger partial charge in [-0.1, -0.05) is 58.0 Å². The van der Waals surface area contributed by atoms with Crippen LogP contribution in [0.2, 0.25) is 0 Å². The number of nitrogens with two attached hydrogens (primary N) is 2. The number of hydrogen-bond donors (Lipinski definition) is 6. The molecule has 3 amide bonds. The van der Waals surface area contributed by atoms with Gasteiger partial charge in [-0.2, -0.15) is 0 Å². The first-order chi connectivity index (χ1) is 17.0. The first-order valence-corrected chi connectivity index (χ1v) is 12.6. The number of rotatable bonds is 16. The van der Waals surface area contributed by atoms with E-state index >= 15 is 0 Å². The summed E-state index contributed by atoms with van der Waals surface area (Å²) in [5.41, 5.74) is 12.5. The SMILES string of the molecule is CC(C)CC(NC(=O)C(NC(=O)C(N)Cc1ccccc1)C(C)C)C(=O)NC(CCCCN)C(=O)O. The van der Waals surface area contributed by atoms with Gasteiger partial charge in [-0.3, -0.25) is 14.4 Å². The quantitative estimate of drug-likeness (QED) is 0.181. The number of benzene rings is 1. The fourth-order valence-corrected chi connectivity index (χ4v) is 3.74. The maximum Gasteiger partial charge on any atom is 0.326 e. The van der Waals surface area contributed by atoms with Crippen molar-refractivity contribution in [2.45, 2.75) is 84.0 Å². The molecule has 0 aliphatic rings. The maximum atomic E-state index is 13.2. The molecule has 0 aliphatic carbocycles. The number of carboxylic acid groups (broad SMARTS) is 1. The van der Waals surface area contributed by atoms with Gasteiger partial charge in [-0.15, -0.1) is 0 Å². The van der Waals surface area contributed by atoms with E-state index in [1.807, 2.05) is 44.2 Å². The molecule has 1 aromatic rings. The summed E-state index contributed by atoms with van der Waals surface area (Å²) in [6.07, 6.45) is 2.06. The molecule has 0 saturated carbocycles. The van der Waals surface area contributed by atoms with Crippen molar-refractivity contribution in [1.82, 2.24) is 16.0 Å². The highest BCUT2D eigenvalue weighted by Crippen LogP contribution is 2.10. The van der Waals surface area contributed by atoms with E-state index in [2.05, 4.69) is 16.0 Å². The molecule has 8 N–H and O–H groups in total. The Kier molecular flexibility index (Phi) is 13.7. The number of hydrogen-bond acceptors (Lipinski definition) is 6. The zero-order chi connectivity index (χ0) is 27.3. The highest BCUT2D eigenvalue weighted by molar-refractivity contribution is 5.94. The smallest absolute Gasteiger partial charge is 0.326 e. The monoisotopic (exact) mass is 505 g/mol. The minimum atomic E-state index is -1.14. The van der Waals surface area contributed by atoms with Gasteiger partial charge in [0.1, 0.15) is 18.1 Å². The standard InChI is InChI=1S/C26H43N5O5/c1-16(2)14-21(24(33)29-20(26(35)36)12-8-9-13-27)30-25(34)22(17(3)4)31-23(32)19(28)15-18-10-6-5-7-11-18/h5-7,10-11,16-17,19-22H,8-9,12-15,27-28H2,1-4H3,(H,29,33)(H,30,34)(H,31,32)(H,35,36). The summed E-state index contributed by atoms with van der Waals surface area (Å²) in [5, 5.41) is 17.5. The molecule has 0 saturated heterocycles. The first-order valence-electron chi connectivity index (χ1n) is 12.6. The number of aliphatic carboxylic acids is 1. The van der Waals surface area contributed by atoms with E-state index in [0.717, 1.165) is 5.56 Å². The van der Waals surface area contributed by atoms with Crippen molar-refractivity contribution in [2.75, 3.05) is 6.54 Å². The maximum absolute atomic E-state index is 13.2. The molecule has 1 rings (SSSR count). The molecule has 0 radical (unpaired) electrons. The molecule has 0 fully saturated rings. The Hall–Kier alpha value is -2.98. The van der Waals surface area contributed by atoms with Crippen LogP contribution in [0.5, 0.6) is 0 Å². The largest absolute Gasteiger partial charge is 0.480 e. The Morgan fingerprint density at radius 2 is 1.47 bits per heavy atom. The van der Waals surface area contributed by atoms with Crippen LogP contribution in [0.4, 0.5) is 0 Å². The van der Waals surface area contributed by atoms with Crippen molar-refractivity contribution >= 4 is 23.7 Å². The van der Waals surface area contributed by atoms with Gasteiger partial charge < -0.3 is 32.5 Å². The van der Waals surface area contributed by atoms with Gasteiger partial charge in [0.2, 0.25) is 17.7 Å². The lowest BCUT2D eigenvalue weighted by Crippen LogP contribution is -2.58. The number of carboxylic acids is 1. The summed E-state index contributed by atoms with van der Waals surface area (Å²) in [5.74, 6) is -2.94. The highest BCUT2D eigenvalue weighted by Gasteiger charge is 2.32.